The molecule has 4 heteroatoms. The van der Waals surface area contributed by atoms with Gasteiger partial charge in [-0.25, -0.2) is 0 Å². The number of methoxy groups -OCH3 is 2. The molecule has 1 aromatic rings. The van der Waals surface area contributed by atoms with Gasteiger partial charge >= 0.3 is 0 Å². The van der Waals surface area contributed by atoms with E-state index >= 15 is 0 Å². The molecule has 0 aliphatic carbocycles. The molecule has 114 valence electrons. The largest absolute Gasteiger partial charge is 0.497 e. The van der Waals surface area contributed by atoms with Gasteiger partial charge in [0, 0.05) is 11.6 Å². The average molecular weight is 281 g/mol. The van der Waals surface area contributed by atoms with Crippen molar-refractivity contribution in [1.82, 2.24) is 5.32 Å². The van der Waals surface area contributed by atoms with E-state index in [9.17, 15) is 0 Å². The third-order valence-corrected chi connectivity index (χ3v) is 2.95. The van der Waals surface area contributed by atoms with Crippen molar-refractivity contribution in [2.24, 2.45) is 0 Å². The summed E-state index contributed by atoms with van der Waals surface area (Å²) < 4.78 is 16.6. The molecule has 0 saturated heterocycles. The summed E-state index contributed by atoms with van der Waals surface area (Å²) in [5.74, 6) is 1.60. The quantitative estimate of drug-likeness (QED) is 0.833. The first-order valence-corrected chi connectivity index (χ1v) is 7.00. The number of rotatable bonds is 7. The monoisotopic (exact) mass is 281 g/mol. The molecule has 20 heavy (non-hydrogen) atoms. The van der Waals surface area contributed by atoms with Crippen LogP contribution in [0.25, 0.3) is 0 Å². The Hall–Kier alpha value is -1.26. The second-order valence-electron chi connectivity index (χ2n) is 5.64. The molecular weight excluding hydrogens is 254 g/mol. The highest BCUT2D eigenvalue weighted by Gasteiger charge is 2.19. The Labute approximate surface area is 122 Å². The normalized spacial score (nSPS) is 13.1. The summed E-state index contributed by atoms with van der Waals surface area (Å²) in [6.45, 7) is 9.72. The molecule has 0 bridgehead atoms. The van der Waals surface area contributed by atoms with Gasteiger partial charge < -0.3 is 19.5 Å². The maximum Gasteiger partial charge on any atom is 0.127 e. The Balaban J connectivity index is 2.95. The molecule has 1 unspecified atom stereocenters. The number of nitrogens with one attached hydrogen (secondary N) is 1. The molecule has 1 aromatic carbocycles. The Bertz CT molecular complexity index is 413. The molecule has 0 spiro atoms. The Morgan fingerprint density at radius 1 is 1.15 bits per heavy atom. The molecule has 0 aromatic heterocycles. The lowest BCUT2D eigenvalue weighted by Gasteiger charge is -2.26. The Morgan fingerprint density at radius 2 is 1.85 bits per heavy atom. The van der Waals surface area contributed by atoms with E-state index in [2.05, 4.69) is 33.0 Å². The van der Waals surface area contributed by atoms with Crippen molar-refractivity contribution < 1.29 is 14.2 Å². The van der Waals surface area contributed by atoms with Crippen LogP contribution >= 0.6 is 0 Å². The van der Waals surface area contributed by atoms with E-state index in [1.807, 2.05) is 18.2 Å². The zero-order valence-corrected chi connectivity index (χ0v) is 13.4. The number of benzene rings is 1. The minimum absolute atomic E-state index is 0.0973. The van der Waals surface area contributed by atoms with Gasteiger partial charge in [0.15, 0.2) is 0 Å². The van der Waals surface area contributed by atoms with E-state index in [1.165, 1.54) is 0 Å². The van der Waals surface area contributed by atoms with Crippen LogP contribution < -0.4 is 14.8 Å². The van der Waals surface area contributed by atoms with Gasteiger partial charge in [-0.05, 0) is 39.4 Å². The molecule has 0 fully saturated rings. The second-order valence-corrected chi connectivity index (χ2v) is 5.64. The molecule has 0 saturated carbocycles. The topological polar surface area (TPSA) is 39.7 Å². The van der Waals surface area contributed by atoms with Crippen LogP contribution in [-0.4, -0.2) is 33.0 Å². The Morgan fingerprint density at radius 3 is 2.35 bits per heavy atom. The minimum Gasteiger partial charge on any atom is -0.497 e. The lowest BCUT2D eigenvalue weighted by molar-refractivity contribution is -0.0148. The molecule has 1 atom stereocenters. The van der Waals surface area contributed by atoms with E-state index in [4.69, 9.17) is 14.2 Å². The fourth-order valence-electron chi connectivity index (χ4n) is 1.94. The SMILES string of the molecule is CCNC(COC(C)(C)C)c1ccc(OC)cc1OC. The van der Waals surface area contributed by atoms with Gasteiger partial charge in [-0.15, -0.1) is 0 Å². The van der Waals surface area contributed by atoms with Crippen molar-refractivity contribution in [3.05, 3.63) is 23.8 Å². The fraction of sp³-hybridized carbons (Fsp3) is 0.625. The van der Waals surface area contributed by atoms with Crippen LogP contribution in [-0.2, 0) is 4.74 Å². The average Bonchev–Trinajstić information content (AvgIpc) is 2.41. The molecule has 4 nitrogen and oxygen atoms in total. The van der Waals surface area contributed by atoms with Gasteiger partial charge in [-0.2, -0.15) is 0 Å². The van der Waals surface area contributed by atoms with Crippen molar-refractivity contribution in [3.8, 4) is 11.5 Å². The van der Waals surface area contributed by atoms with E-state index in [0.29, 0.717) is 6.61 Å². The van der Waals surface area contributed by atoms with Crippen LogP contribution in [0.5, 0.6) is 11.5 Å². The van der Waals surface area contributed by atoms with Crippen molar-refractivity contribution in [2.75, 3.05) is 27.4 Å². The first-order chi connectivity index (χ1) is 9.41. The molecule has 1 N–H and O–H groups in total. The number of hydrogen-bond donors (Lipinski definition) is 1. The number of hydrogen-bond acceptors (Lipinski definition) is 4. The minimum atomic E-state index is -0.159. The molecule has 0 heterocycles. The zero-order chi connectivity index (χ0) is 15.2. The third kappa shape index (κ3) is 5.02. The summed E-state index contributed by atoms with van der Waals surface area (Å²) in [5.41, 5.74) is 0.923. The zero-order valence-electron chi connectivity index (χ0n) is 13.4. The molecule has 0 radical (unpaired) electrons. The second kappa shape index (κ2) is 7.50. The lowest BCUT2D eigenvalue weighted by atomic mass is 10.1. The van der Waals surface area contributed by atoms with Crippen molar-refractivity contribution in [2.45, 2.75) is 39.3 Å². The molecular formula is C16H27NO3. The lowest BCUT2D eigenvalue weighted by Crippen LogP contribution is -2.30. The highest BCUT2D eigenvalue weighted by Crippen LogP contribution is 2.30. The summed E-state index contributed by atoms with van der Waals surface area (Å²) in [6.07, 6.45) is 0. The maximum atomic E-state index is 5.91. The van der Waals surface area contributed by atoms with Crippen LogP contribution in [0.3, 0.4) is 0 Å². The van der Waals surface area contributed by atoms with Crippen molar-refractivity contribution in [3.63, 3.8) is 0 Å². The third-order valence-electron chi connectivity index (χ3n) is 2.95. The van der Waals surface area contributed by atoms with Gasteiger partial charge in [0.2, 0.25) is 0 Å². The van der Waals surface area contributed by atoms with E-state index in [1.54, 1.807) is 14.2 Å². The van der Waals surface area contributed by atoms with Crippen LogP contribution in [0.4, 0.5) is 0 Å². The summed E-state index contributed by atoms with van der Waals surface area (Å²) in [5, 5.41) is 3.44. The summed E-state index contributed by atoms with van der Waals surface area (Å²) in [4.78, 5) is 0. The molecule has 1 rings (SSSR count). The highest BCUT2D eigenvalue weighted by atomic mass is 16.5. The van der Waals surface area contributed by atoms with Crippen LogP contribution in [0, 0.1) is 0 Å². The van der Waals surface area contributed by atoms with Crippen molar-refractivity contribution >= 4 is 0 Å². The molecule has 0 aliphatic heterocycles. The van der Waals surface area contributed by atoms with Gasteiger partial charge in [0.25, 0.3) is 0 Å². The first kappa shape index (κ1) is 16.8. The smallest absolute Gasteiger partial charge is 0.127 e. The van der Waals surface area contributed by atoms with Crippen LogP contribution in [0.15, 0.2) is 18.2 Å². The fourth-order valence-corrected chi connectivity index (χ4v) is 1.94. The van der Waals surface area contributed by atoms with Crippen LogP contribution in [0.1, 0.15) is 39.3 Å². The van der Waals surface area contributed by atoms with Gasteiger partial charge in [0.1, 0.15) is 11.5 Å². The summed E-state index contributed by atoms with van der Waals surface area (Å²) in [7, 11) is 3.32. The summed E-state index contributed by atoms with van der Waals surface area (Å²) >= 11 is 0. The maximum absolute atomic E-state index is 5.91. The molecule has 0 aliphatic rings. The van der Waals surface area contributed by atoms with E-state index in [0.717, 1.165) is 23.6 Å². The predicted octanol–water partition coefficient (Wildman–Crippen LogP) is 3.17. The number of ether oxygens (including phenoxy) is 3. The van der Waals surface area contributed by atoms with Gasteiger partial charge in [0.05, 0.1) is 32.5 Å². The predicted molar refractivity (Wildman–Crippen MR) is 81.7 cm³/mol. The number of likely N-dealkylation sites (N-methyl/N-ethyl adjacent to an activating group) is 1. The molecule has 0 amide bonds. The van der Waals surface area contributed by atoms with E-state index in [-0.39, 0.29) is 11.6 Å². The first-order valence-electron chi connectivity index (χ1n) is 7.00. The van der Waals surface area contributed by atoms with Gasteiger partial charge in [-0.1, -0.05) is 6.92 Å². The van der Waals surface area contributed by atoms with E-state index < -0.39 is 0 Å². The van der Waals surface area contributed by atoms with Crippen molar-refractivity contribution in [1.29, 1.82) is 0 Å². The standard InChI is InChI=1S/C16H27NO3/c1-7-17-14(11-20-16(2,3)4)13-9-8-12(18-5)10-15(13)19-6/h8-10,14,17H,7,11H2,1-6H3. The Kier molecular flexibility index (Phi) is 6.30. The highest BCUT2D eigenvalue weighted by molar-refractivity contribution is 5.42. The van der Waals surface area contributed by atoms with Gasteiger partial charge in [-0.3, -0.25) is 0 Å². The van der Waals surface area contributed by atoms with Crippen LogP contribution in [0.2, 0.25) is 0 Å². The summed E-state index contributed by atoms with van der Waals surface area (Å²) in [6, 6.07) is 5.97.